The van der Waals surface area contributed by atoms with Gasteiger partial charge in [-0.05, 0) is 50.7 Å². The highest BCUT2D eigenvalue weighted by Crippen LogP contribution is 2.41. The molecule has 1 aromatic heterocycles. The lowest BCUT2D eigenvalue weighted by atomic mass is 9.97. The first-order valence-electron chi connectivity index (χ1n) is 17.1. The van der Waals surface area contributed by atoms with Crippen LogP contribution in [0.2, 0.25) is 10.1 Å². The van der Waals surface area contributed by atoms with Crippen LogP contribution in [-0.2, 0) is 22.1 Å². The van der Waals surface area contributed by atoms with Crippen molar-refractivity contribution in [3.05, 3.63) is 166 Å². The molecular formula is C43H42ClNO4Si. The maximum atomic E-state index is 13.9. The lowest BCUT2D eigenvalue weighted by Gasteiger charge is -2.43. The van der Waals surface area contributed by atoms with Gasteiger partial charge in [-0.1, -0.05) is 161 Å². The third kappa shape index (κ3) is 6.35. The van der Waals surface area contributed by atoms with Crippen LogP contribution < -0.4 is 10.4 Å². The third-order valence-electron chi connectivity index (χ3n) is 9.66. The van der Waals surface area contributed by atoms with E-state index in [9.17, 15) is 14.7 Å². The number of fused-ring (bicyclic) bond motifs is 1. The van der Waals surface area contributed by atoms with Crippen LogP contribution in [0.4, 0.5) is 0 Å². The SMILES string of the molecule is CCc1c(Cl)ccc2c1c(C(=O)C(=O)O)c(CCO[Si](c1ccccc1)(c1ccccc1)C(C)(C)C)n2C(c1ccccc1)c1ccccc1. The number of carbonyl (C=O) groups is 2. The van der Waals surface area contributed by atoms with Gasteiger partial charge in [0.2, 0.25) is 0 Å². The monoisotopic (exact) mass is 699 g/mol. The van der Waals surface area contributed by atoms with Gasteiger partial charge in [-0.2, -0.15) is 0 Å². The first-order valence-corrected chi connectivity index (χ1v) is 19.4. The summed E-state index contributed by atoms with van der Waals surface area (Å²) in [5, 5.41) is 13.4. The Balaban J connectivity index is 1.62. The zero-order valence-electron chi connectivity index (χ0n) is 28.9. The molecule has 0 spiro atoms. The van der Waals surface area contributed by atoms with Crippen LogP contribution >= 0.6 is 11.6 Å². The molecule has 0 aliphatic rings. The highest BCUT2D eigenvalue weighted by Gasteiger charge is 2.50. The molecule has 6 rings (SSSR count). The molecule has 0 saturated heterocycles. The number of halogens is 1. The van der Waals surface area contributed by atoms with Crippen molar-refractivity contribution in [1.29, 1.82) is 0 Å². The topological polar surface area (TPSA) is 68.5 Å². The molecule has 1 N–H and O–H groups in total. The van der Waals surface area contributed by atoms with Crippen LogP contribution in [-0.4, -0.2) is 36.4 Å². The minimum atomic E-state index is -2.94. The molecule has 0 aliphatic heterocycles. The van der Waals surface area contributed by atoms with E-state index in [1.807, 2.05) is 67.6 Å². The van der Waals surface area contributed by atoms with Gasteiger partial charge in [0.05, 0.1) is 17.1 Å². The predicted octanol–water partition coefficient (Wildman–Crippen LogP) is 8.88. The standard InChI is InChI=1S/C43H42ClNO4Si/c1-5-34-35(44)26-27-36-38(34)39(41(46)42(47)48)37(45(36)40(30-18-10-6-11-19-30)31-20-12-7-13-21-31)28-29-49-50(43(2,3)4,32-22-14-8-15-23-32)33-24-16-9-17-25-33/h6-27,40H,5,28-29H2,1-4H3,(H,47,48). The predicted molar refractivity (Wildman–Crippen MR) is 206 cm³/mol. The molecule has 50 heavy (non-hydrogen) atoms. The maximum absolute atomic E-state index is 13.9. The average Bonchev–Trinajstić information content (AvgIpc) is 3.44. The zero-order chi connectivity index (χ0) is 35.5. The molecule has 1 heterocycles. The Morgan fingerprint density at radius 3 is 1.68 bits per heavy atom. The van der Waals surface area contributed by atoms with Crippen LogP contribution in [0.5, 0.6) is 0 Å². The van der Waals surface area contributed by atoms with Crippen LogP contribution in [0.1, 0.15) is 66.5 Å². The van der Waals surface area contributed by atoms with Gasteiger partial charge in [0.25, 0.3) is 14.1 Å². The van der Waals surface area contributed by atoms with Gasteiger partial charge in [0.1, 0.15) is 0 Å². The summed E-state index contributed by atoms with van der Waals surface area (Å²) in [7, 11) is -2.94. The number of hydrogen-bond donors (Lipinski definition) is 1. The van der Waals surface area contributed by atoms with Gasteiger partial charge >= 0.3 is 5.97 Å². The molecule has 0 atom stereocenters. The number of carboxylic acids is 1. The van der Waals surface area contributed by atoms with Crippen molar-refractivity contribution < 1.29 is 19.1 Å². The molecule has 0 fully saturated rings. The molecule has 7 heteroatoms. The number of carbonyl (C=O) groups excluding carboxylic acids is 1. The molecular weight excluding hydrogens is 658 g/mol. The third-order valence-corrected chi connectivity index (χ3v) is 15.1. The van der Waals surface area contributed by atoms with Crippen molar-refractivity contribution in [2.24, 2.45) is 0 Å². The Bertz CT molecular complexity index is 2030. The summed E-state index contributed by atoms with van der Waals surface area (Å²) in [5.41, 5.74) is 4.31. The van der Waals surface area contributed by atoms with Crippen molar-refractivity contribution in [3.63, 3.8) is 0 Å². The van der Waals surface area contributed by atoms with Crippen molar-refractivity contribution in [2.75, 3.05) is 6.61 Å². The van der Waals surface area contributed by atoms with Gasteiger partial charge in [-0.3, -0.25) is 4.79 Å². The second-order valence-electron chi connectivity index (χ2n) is 13.6. The van der Waals surface area contributed by atoms with Crippen LogP contribution in [0, 0.1) is 0 Å². The number of aryl methyl sites for hydroxylation is 1. The number of benzene rings is 5. The molecule has 0 amide bonds. The van der Waals surface area contributed by atoms with Gasteiger partial charge in [-0.25, -0.2) is 4.79 Å². The molecule has 6 aromatic rings. The van der Waals surface area contributed by atoms with Gasteiger partial charge in [-0.15, -0.1) is 0 Å². The largest absolute Gasteiger partial charge is 0.475 e. The van der Waals surface area contributed by atoms with Crippen molar-refractivity contribution in [2.45, 2.75) is 51.6 Å². The van der Waals surface area contributed by atoms with E-state index in [1.165, 1.54) is 0 Å². The molecule has 5 aromatic carbocycles. The van der Waals surface area contributed by atoms with E-state index in [2.05, 4.69) is 98.1 Å². The lowest BCUT2D eigenvalue weighted by Crippen LogP contribution is -2.66. The van der Waals surface area contributed by atoms with E-state index in [1.54, 1.807) is 0 Å². The number of rotatable bonds is 12. The van der Waals surface area contributed by atoms with Crippen molar-refractivity contribution in [1.82, 2.24) is 4.57 Å². The molecule has 5 nitrogen and oxygen atoms in total. The summed E-state index contributed by atoms with van der Waals surface area (Å²) in [6.45, 7) is 8.92. The van der Waals surface area contributed by atoms with E-state index in [-0.39, 0.29) is 23.3 Å². The van der Waals surface area contributed by atoms with Crippen molar-refractivity contribution >= 4 is 52.9 Å². The summed E-state index contributed by atoms with van der Waals surface area (Å²) >= 11 is 6.80. The zero-order valence-corrected chi connectivity index (χ0v) is 30.7. The minimum absolute atomic E-state index is 0.176. The summed E-state index contributed by atoms with van der Waals surface area (Å²) in [4.78, 5) is 26.6. The highest BCUT2D eigenvalue weighted by atomic mass is 35.5. The number of Topliss-reactive ketones (excluding diaryl/α,β-unsaturated/α-hetero) is 1. The van der Waals surface area contributed by atoms with E-state index >= 15 is 0 Å². The van der Waals surface area contributed by atoms with Gasteiger partial charge < -0.3 is 14.1 Å². The molecule has 0 aliphatic carbocycles. The number of aliphatic carboxylic acids is 1. The van der Waals surface area contributed by atoms with Crippen LogP contribution in [0.15, 0.2) is 133 Å². The first-order chi connectivity index (χ1) is 24.1. The summed E-state index contributed by atoms with van der Waals surface area (Å²) in [5.74, 6) is -2.46. The number of hydrogen-bond acceptors (Lipinski definition) is 3. The normalized spacial score (nSPS) is 12.0. The molecule has 254 valence electrons. The number of aromatic nitrogens is 1. The fourth-order valence-electron chi connectivity index (χ4n) is 7.56. The maximum Gasteiger partial charge on any atom is 0.377 e. The Labute approximate surface area is 300 Å². The quantitative estimate of drug-likeness (QED) is 0.0787. The van der Waals surface area contributed by atoms with Crippen molar-refractivity contribution in [3.8, 4) is 0 Å². The van der Waals surface area contributed by atoms with Crippen LogP contribution in [0.3, 0.4) is 0 Å². The second kappa shape index (κ2) is 14.6. The Hall–Kier alpha value is -4.75. The fourth-order valence-corrected chi connectivity index (χ4v) is 12.4. The van der Waals surface area contributed by atoms with E-state index < -0.39 is 20.1 Å². The van der Waals surface area contributed by atoms with Gasteiger partial charge in [0.15, 0.2) is 0 Å². The van der Waals surface area contributed by atoms with Gasteiger partial charge in [0, 0.05) is 29.1 Å². The fraction of sp³-hybridized carbons (Fsp3) is 0.209. The Morgan fingerprint density at radius 1 is 0.760 bits per heavy atom. The number of ketones is 1. The van der Waals surface area contributed by atoms with Crippen LogP contribution in [0.25, 0.3) is 10.9 Å². The molecule has 0 unspecified atom stereocenters. The summed E-state index contributed by atoms with van der Waals surface area (Å²) in [6, 6.07) is 44.5. The average molecular weight is 700 g/mol. The van der Waals surface area contributed by atoms with E-state index in [4.69, 9.17) is 16.0 Å². The van der Waals surface area contributed by atoms with E-state index in [0.29, 0.717) is 28.9 Å². The number of carboxylic acid groups (broad SMARTS) is 1. The lowest BCUT2D eigenvalue weighted by molar-refractivity contribution is -0.131. The van der Waals surface area contributed by atoms with E-state index in [0.717, 1.165) is 32.6 Å². The number of nitrogens with zero attached hydrogens (tertiary/aromatic N) is 1. The second-order valence-corrected chi connectivity index (χ2v) is 18.3. The summed E-state index contributed by atoms with van der Waals surface area (Å²) in [6.07, 6.45) is 0.823. The molecule has 0 bridgehead atoms. The first kappa shape index (κ1) is 35.1. The highest BCUT2D eigenvalue weighted by molar-refractivity contribution is 6.99. The molecule has 0 saturated carbocycles. The molecule has 0 radical (unpaired) electrons. The minimum Gasteiger partial charge on any atom is -0.475 e. The summed E-state index contributed by atoms with van der Waals surface area (Å²) < 4.78 is 9.48. The Kier molecular flexibility index (Phi) is 10.3. The smallest absolute Gasteiger partial charge is 0.377 e. The Morgan fingerprint density at radius 2 is 1.24 bits per heavy atom.